The van der Waals surface area contributed by atoms with Crippen LogP contribution in [0.2, 0.25) is 0 Å². The van der Waals surface area contributed by atoms with Gasteiger partial charge in [-0.2, -0.15) is 17.4 Å². The molecular formula is C11H19N3O6S. The third-order valence-electron chi connectivity index (χ3n) is 3.24. The number of nitrogens with one attached hydrogen (secondary N) is 1. The Morgan fingerprint density at radius 3 is 2.57 bits per heavy atom. The summed E-state index contributed by atoms with van der Waals surface area (Å²) in [6.45, 7) is 1.20. The Kier molecular flexibility index (Phi) is 5.23. The molecule has 120 valence electrons. The number of hydrogen-bond acceptors (Lipinski definition) is 6. The zero-order chi connectivity index (χ0) is 15.3. The van der Waals surface area contributed by atoms with Gasteiger partial charge in [0.05, 0.1) is 6.54 Å². The summed E-state index contributed by atoms with van der Waals surface area (Å²) < 4.78 is 35.9. The number of piperidine rings is 1. The van der Waals surface area contributed by atoms with Gasteiger partial charge in [0.2, 0.25) is 0 Å². The minimum atomic E-state index is -3.93. The normalized spacial score (nSPS) is 19.5. The van der Waals surface area contributed by atoms with Crippen molar-refractivity contribution in [1.29, 1.82) is 0 Å². The number of carbonyl (C=O) groups is 2. The molecule has 2 saturated heterocycles. The Bertz CT molecular complexity index is 488. The van der Waals surface area contributed by atoms with E-state index in [1.54, 1.807) is 4.90 Å². The van der Waals surface area contributed by atoms with Crippen LogP contribution in [0.5, 0.6) is 0 Å². The first-order valence-corrected chi connectivity index (χ1v) is 8.30. The molecule has 10 heteroatoms. The van der Waals surface area contributed by atoms with E-state index in [2.05, 4.69) is 9.46 Å². The molecule has 0 atom stereocenters. The summed E-state index contributed by atoms with van der Waals surface area (Å²) >= 11 is 0. The molecule has 0 aromatic rings. The van der Waals surface area contributed by atoms with E-state index in [4.69, 9.17) is 4.74 Å². The number of amides is 2. The van der Waals surface area contributed by atoms with E-state index >= 15 is 0 Å². The SMILES string of the molecule is O=C(OCCNS(=O)(=O)N1CCOC1=O)N1CCCCC1. The van der Waals surface area contributed by atoms with Crippen LogP contribution in [0.1, 0.15) is 19.3 Å². The predicted molar refractivity (Wildman–Crippen MR) is 71.7 cm³/mol. The lowest BCUT2D eigenvalue weighted by Crippen LogP contribution is -2.43. The first-order valence-electron chi connectivity index (χ1n) is 6.86. The Labute approximate surface area is 123 Å². The molecule has 2 heterocycles. The zero-order valence-corrected chi connectivity index (χ0v) is 12.4. The molecule has 0 aromatic carbocycles. The highest BCUT2D eigenvalue weighted by Gasteiger charge is 2.33. The molecule has 2 aliphatic rings. The Balaban J connectivity index is 1.69. The van der Waals surface area contributed by atoms with Crippen molar-refractivity contribution in [3.05, 3.63) is 0 Å². The number of rotatable bonds is 5. The second-order valence-corrected chi connectivity index (χ2v) is 6.43. The van der Waals surface area contributed by atoms with E-state index < -0.39 is 22.4 Å². The van der Waals surface area contributed by atoms with E-state index in [-0.39, 0.29) is 26.3 Å². The van der Waals surface area contributed by atoms with Crippen LogP contribution in [0, 0.1) is 0 Å². The number of nitrogens with zero attached hydrogens (tertiary/aromatic N) is 2. The van der Waals surface area contributed by atoms with Gasteiger partial charge in [-0.3, -0.25) is 0 Å². The first kappa shape index (κ1) is 15.8. The quantitative estimate of drug-likeness (QED) is 0.709. The summed E-state index contributed by atoms with van der Waals surface area (Å²) in [6, 6.07) is 0. The Morgan fingerprint density at radius 2 is 1.95 bits per heavy atom. The van der Waals surface area contributed by atoms with E-state index in [0.717, 1.165) is 19.3 Å². The van der Waals surface area contributed by atoms with Crippen molar-refractivity contribution in [2.24, 2.45) is 0 Å². The third kappa shape index (κ3) is 4.21. The van der Waals surface area contributed by atoms with Gasteiger partial charge in [-0.15, -0.1) is 0 Å². The summed E-state index contributed by atoms with van der Waals surface area (Å²) in [5.74, 6) is 0. The number of carbonyl (C=O) groups excluding carboxylic acids is 2. The fraction of sp³-hybridized carbons (Fsp3) is 0.818. The van der Waals surface area contributed by atoms with Crippen molar-refractivity contribution >= 4 is 22.4 Å². The summed E-state index contributed by atoms with van der Waals surface area (Å²) in [5.41, 5.74) is 0. The lowest BCUT2D eigenvalue weighted by molar-refractivity contribution is 0.0968. The van der Waals surface area contributed by atoms with Crippen molar-refractivity contribution in [3.63, 3.8) is 0 Å². The topological polar surface area (TPSA) is 105 Å². The van der Waals surface area contributed by atoms with Gasteiger partial charge in [0.25, 0.3) is 0 Å². The maximum atomic E-state index is 11.8. The lowest BCUT2D eigenvalue weighted by Gasteiger charge is -2.25. The molecule has 0 bridgehead atoms. The molecule has 0 saturated carbocycles. The Morgan fingerprint density at radius 1 is 1.24 bits per heavy atom. The van der Waals surface area contributed by atoms with E-state index in [9.17, 15) is 18.0 Å². The molecule has 2 rings (SSSR count). The largest absolute Gasteiger partial charge is 0.448 e. The molecule has 9 nitrogen and oxygen atoms in total. The van der Waals surface area contributed by atoms with Gasteiger partial charge >= 0.3 is 22.4 Å². The van der Waals surface area contributed by atoms with Crippen molar-refractivity contribution in [2.45, 2.75) is 19.3 Å². The number of likely N-dealkylation sites (tertiary alicyclic amines) is 1. The van der Waals surface area contributed by atoms with Crippen LogP contribution in [0.25, 0.3) is 0 Å². The maximum absolute atomic E-state index is 11.8. The monoisotopic (exact) mass is 321 g/mol. The molecular weight excluding hydrogens is 302 g/mol. The maximum Gasteiger partial charge on any atom is 0.424 e. The molecule has 1 N–H and O–H groups in total. The fourth-order valence-electron chi connectivity index (χ4n) is 2.15. The average molecular weight is 321 g/mol. The van der Waals surface area contributed by atoms with Crippen LogP contribution in [0.15, 0.2) is 0 Å². The summed E-state index contributed by atoms with van der Waals surface area (Å²) in [6.07, 6.45) is 1.69. The second kappa shape index (κ2) is 6.94. The molecule has 0 unspecified atom stereocenters. The minimum Gasteiger partial charge on any atom is -0.448 e. The average Bonchev–Trinajstić information content (AvgIpc) is 2.91. The van der Waals surface area contributed by atoms with Gasteiger partial charge in [0.1, 0.15) is 13.2 Å². The number of hydrogen-bond donors (Lipinski definition) is 1. The first-order chi connectivity index (χ1) is 10.0. The van der Waals surface area contributed by atoms with Crippen molar-refractivity contribution < 1.29 is 27.5 Å². The molecule has 21 heavy (non-hydrogen) atoms. The Hall–Kier alpha value is -1.55. The second-order valence-electron chi connectivity index (χ2n) is 4.75. The van der Waals surface area contributed by atoms with E-state index in [0.29, 0.717) is 17.4 Å². The lowest BCUT2D eigenvalue weighted by atomic mass is 10.1. The van der Waals surface area contributed by atoms with Crippen molar-refractivity contribution in [2.75, 3.05) is 39.4 Å². The minimum absolute atomic E-state index is 0.0122. The molecule has 2 fully saturated rings. The molecule has 0 spiro atoms. The summed E-state index contributed by atoms with van der Waals surface area (Å²) in [7, 11) is -3.93. The van der Waals surface area contributed by atoms with Gasteiger partial charge < -0.3 is 14.4 Å². The van der Waals surface area contributed by atoms with Gasteiger partial charge in [0.15, 0.2) is 0 Å². The van der Waals surface area contributed by atoms with Crippen molar-refractivity contribution in [3.8, 4) is 0 Å². The molecule has 0 aliphatic carbocycles. The van der Waals surface area contributed by atoms with E-state index in [1.807, 2.05) is 0 Å². The van der Waals surface area contributed by atoms with Gasteiger partial charge in [-0.25, -0.2) is 9.59 Å². The summed E-state index contributed by atoms with van der Waals surface area (Å²) in [5, 5.41) is 0. The fourth-order valence-corrected chi connectivity index (χ4v) is 3.21. The van der Waals surface area contributed by atoms with Gasteiger partial charge in [-0.1, -0.05) is 0 Å². The van der Waals surface area contributed by atoms with Gasteiger partial charge in [-0.05, 0) is 19.3 Å². The van der Waals surface area contributed by atoms with Crippen LogP contribution < -0.4 is 4.72 Å². The smallest absolute Gasteiger partial charge is 0.424 e. The van der Waals surface area contributed by atoms with Crippen LogP contribution in [-0.2, 0) is 19.7 Å². The number of cyclic esters (lactones) is 1. The molecule has 0 radical (unpaired) electrons. The highest BCUT2D eigenvalue weighted by molar-refractivity contribution is 7.87. The highest BCUT2D eigenvalue weighted by atomic mass is 32.2. The third-order valence-corrected chi connectivity index (χ3v) is 4.72. The van der Waals surface area contributed by atoms with Crippen molar-refractivity contribution in [1.82, 2.24) is 13.9 Å². The predicted octanol–water partition coefficient (Wildman–Crippen LogP) is -0.104. The molecule has 0 aromatic heterocycles. The summed E-state index contributed by atoms with van der Waals surface area (Å²) in [4.78, 5) is 24.4. The molecule has 2 amide bonds. The standard InChI is InChI=1S/C11H19N3O6S/c15-10(13-5-2-1-3-6-13)19-8-4-12-21(17,18)14-7-9-20-11(14)16/h12H,1-9H2. The zero-order valence-electron chi connectivity index (χ0n) is 11.6. The highest BCUT2D eigenvalue weighted by Crippen LogP contribution is 2.10. The molecule has 2 aliphatic heterocycles. The van der Waals surface area contributed by atoms with E-state index in [1.165, 1.54) is 0 Å². The van der Waals surface area contributed by atoms with Crippen LogP contribution in [0.4, 0.5) is 9.59 Å². The number of ether oxygens (including phenoxy) is 2. The van der Waals surface area contributed by atoms with Crippen LogP contribution in [0.3, 0.4) is 0 Å². The van der Waals surface area contributed by atoms with Gasteiger partial charge in [0, 0.05) is 19.6 Å². The van der Waals surface area contributed by atoms with Crippen LogP contribution in [-0.4, -0.2) is 69.2 Å². The van der Waals surface area contributed by atoms with Crippen LogP contribution >= 0.6 is 0 Å².